The van der Waals surface area contributed by atoms with E-state index in [1.807, 2.05) is 30.3 Å². The number of amides is 1. The summed E-state index contributed by atoms with van der Waals surface area (Å²) in [7, 11) is 0. The SMILES string of the molecule is C[C@@H](N[C@H](c1ccccc1)c1ccc(OC(F)F)cc1)C(N)=O. The molecule has 0 aliphatic rings. The van der Waals surface area contributed by atoms with Gasteiger partial charge >= 0.3 is 6.61 Å². The van der Waals surface area contributed by atoms with Crippen molar-refractivity contribution in [2.45, 2.75) is 25.6 Å². The van der Waals surface area contributed by atoms with Gasteiger partial charge in [0.1, 0.15) is 5.75 Å². The topological polar surface area (TPSA) is 64.3 Å². The fourth-order valence-electron chi connectivity index (χ4n) is 2.20. The van der Waals surface area contributed by atoms with Crippen molar-refractivity contribution in [2.24, 2.45) is 5.73 Å². The number of carbonyl (C=O) groups is 1. The van der Waals surface area contributed by atoms with E-state index in [9.17, 15) is 13.6 Å². The van der Waals surface area contributed by atoms with E-state index in [4.69, 9.17) is 5.73 Å². The second-order valence-corrected chi connectivity index (χ2v) is 5.08. The molecular formula is C17H18F2N2O2. The molecular weight excluding hydrogens is 302 g/mol. The molecule has 0 aliphatic heterocycles. The first-order chi connectivity index (χ1) is 11.0. The minimum atomic E-state index is -2.86. The van der Waals surface area contributed by atoms with Crippen LogP contribution in [0.25, 0.3) is 0 Å². The molecule has 122 valence electrons. The third-order valence-corrected chi connectivity index (χ3v) is 3.41. The van der Waals surface area contributed by atoms with E-state index in [1.54, 1.807) is 19.1 Å². The van der Waals surface area contributed by atoms with Crippen LogP contribution in [0.2, 0.25) is 0 Å². The lowest BCUT2D eigenvalue weighted by molar-refractivity contribution is -0.119. The lowest BCUT2D eigenvalue weighted by Gasteiger charge is -2.23. The van der Waals surface area contributed by atoms with Crippen LogP contribution in [-0.4, -0.2) is 18.6 Å². The number of hydrogen-bond donors (Lipinski definition) is 2. The van der Waals surface area contributed by atoms with E-state index in [0.717, 1.165) is 11.1 Å². The third kappa shape index (κ3) is 4.75. The van der Waals surface area contributed by atoms with Gasteiger partial charge in [-0.25, -0.2) is 0 Å². The fraction of sp³-hybridized carbons (Fsp3) is 0.235. The first-order valence-corrected chi connectivity index (χ1v) is 7.12. The normalized spacial score (nSPS) is 13.6. The molecule has 23 heavy (non-hydrogen) atoms. The number of benzene rings is 2. The Balaban J connectivity index is 2.28. The molecule has 0 aliphatic carbocycles. The van der Waals surface area contributed by atoms with Gasteiger partial charge in [0.15, 0.2) is 0 Å². The summed E-state index contributed by atoms with van der Waals surface area (Å²) in [5.41, 5.74) is 7.06. The standard InChI is InChI=1S/C17H18F2N2O2/c1-11(16(20)22)21-15(12-5-3-2-4-6-12)13-7-9-14(10-8-13)23-17(18)19/h2-11,15,17,21H,1H3,(H2,20,22)/t11-,15-/m1/s1. The molecule has 0 fully saturated rings. The predicted octanol–water partition coefficient (Wildman–Crippen LogP) is 2.84. The maximum atomic E-state index is 12.2. The minimum absolute atomic E-state index is 0.0820. The van der Waals surface area contributed by atoms with Gasteiger partial charge in [-0.05, 0) is 30.2 Å². The van der Waals surface area contributed by atoms with Crippen LogP contribution in [0, 0.1) is 0 Å². The van der Waals surface area contributed by atoms with Crippen molar-refractivity contribution < 1.29 is 18.3 Å². The molecule has 0 bridgehead atoms. The Kier molecular flexibility index (Phi) is 5.65. The smallest absolute Gasteiger partial charge is 0.387 e. The van der Waals surface area contributed by atoms with E-state index in [1.165, 1.54) is 12.1 Å². The lowest BCUT2D eigenvalue weighted by atomic mass is 9.97. The number of nitrogens with one attached hydrogen (secondary N) is 1. The van der Waals surface area contributed by atoms with Crippen molar-refractivity contribution in [1.29, 1.82) is 0 Å². The quantitative estimate of drug-likeness (QED) is 0.824. The molecule has 3 N–H and O–H groups in total. The lowest BCUT2D eigenvalue weighted by Crippen LogP contribution is -2.41. The Morgan fingerprint density at radius 1 is 1.04 bits per heavy atom. The molecule has 0 radical (unpaired) electrons. The summed E-state index contributed by atoms with van der Waals surface area (Å²) >= 11 is 0. The van der Waals surface area contributed by atoms with Crippen LogP contribution in [0.15, 0.2) is 54.6 Å². The van der Waals surface area contributed by atoms with E-state index in [2.05, 4.69) is 10.1 Å². The molecule has 2 atom stereocenters. The summed E-state index contributed by atoms with van der Waals surface area (Å²) < 4.78 is 28.8. The highest BCUT2D eigenvalue weighted by molar-refractivity contribution is 5.79. The number of alkyl halides is 2. The fourth-order valence-corrected chi connectivity index (χ4v) is 2.20. The van der Waals surface area contributed by atoms with Gasteiger partial charge in [0.2, 0.25) is 5.91 Å². The molecule has 2 aromatic carbocycles. The van der Waals surface area contributed by atoms with Gasteiger partial charge in [0.05, 0.1) is 12.1 Å². The number of ether oxygens (including phenoxy) is 1. The molecule has 1 amide bonds. The van der Waals surface area contributed by atoms with Gasteiger partial charge < -0.3 is 10.5 Å². The third-order valence-electron chi connectivity index (χ3n) is 3.41. The second kappa shape index (κ2) is 7.69. The van der Waals surface area contributed by atoms with E-state index < -0.39 is 18.6 Å². The van der Waals surface area contributed by atoms with Crippen molar-refractivity contribution in [3.63, 3.8) is 0 Å². The Morgan fingerprint density at radius 3 is 2.13 bits per heavy atom. The number of halogens is 2. The highest BCUT2D eigenvalue weighted by Crippen LogP contribution is 2.25. The highest BCUT2D eigenvalue weighted by atomic mass is 19.3. The summed E-state index contributed by atoms with van der Waals surface area (Å²) in [6, 6.07) is 14.9. The van der Waals surface area contributed by atoms with Gasteiger partial charge in [-0.2, -0.15) is 8.78 Å². The van der Waals surface area contributed by atoms with Gasteiger partial charge in [0.25, 0.3) is 0 Å². The van der Waals surface area contributed by atoms with E-state index in [-0.39, 0.29) is 11.8 Å². The van der Waals surface area contributed by atoms with Crippen LogP contribution in [0.4, 0.5) is 8.78 Å². The number of nitrogens with two attached hydrogens (primary N) is 1. The summed E-state index contributed by atoms with van der Waals surface area (Å²) in [6.07, 6.45) is 0. The van der Waals surface area contributed by atoms with Crippen molar-refractivity contribution >= 4 is 5.91 Å². The van der Waals surface area contributed by atoms with Crippen LogP contribution < -0.4 is 15.8 Å². The van der Waals surface area contributed by atoms with Crippen LogP contribution in [0.1, 0.15) is 24.1 Å². The second-order valence-electron chi connectivity index (χ2n) is 5.08. The van der Waals surface area contributed by atoms with E-state index in [0.29, 0.717) is 0 Å². The molecule has 0 heterocycles. The zero-order valence-corrected chi connectivity index (χ0v) is 12.6. The van der Waals surface area contributed by atoms with Crippen LogP contribution in [-0.2, 0) is 4.79 Å². The first kappa shape index (κ1) is 16.9. The Morgan fingerprint density at radius 2 is 1.61 bits per heavy atom. The largest absolute Gasteiger partial charge is 0.435 e. The minimum Gasteiger partial charge on any atom is -0.435 e. The highest BCUT2D eigenvalue weighted by Gasteiger charge is 2.19. The summed E-state index contributed by atoms with van der Waals surface area (Å²) in [5.74, 6) is -0.387. The van der Waals surface area contributed by atoms with Gasteiger partial charge in [-0.3, -0.25) is 10.1 Å². The maximum Gasteiger partial charge on any atom is 0.387 e. The zero-order chi connectivity index (χ0) is 16.8. The Bertz CT molecular complexity index is 633. The molecule has 4 nitrogen and oxygen atoms in total. The predicted molar refractivity (Wildman–Crippen MR) is 83.2 cm³/mol. The maximum absolute atomic E-state index is 12.2. The Hall–Kier alpha value is -2.47. The summed E-state index contributed by atoms with van der Waals surface area (Å²) in [4.78, 5) is 11.3. The van der Waals surface area contributed by atoms with Crippen molar-refractivity contribution in [2.75, 3.05) is 0 Å². The average molecular weight is 320 g/mol. The zero-order valence-electron chi connectivity index (χ0n) is 12.6. The monoisotopic (exact) mass is 320 g/mol. The molecule has 0 aromatic heterocycles. The molecule has 2 aromatic rings. The van der Waals surface area contributed by atoms with Gasteiger partial charge in [0, 0.05) is 0 Å². The van der Waals surface area contributed by atoms with Crippen molar-refractivity contribution in [1.82, 2.24) is 5.32 Å². The van der Waals surface area contributed by atoms with E-state index >= 15 is 0 Å². The first-order valence-electron chi connectivity index (χ1n) is 7.12. The summed E-state index contributed by atoms with van der Waals surface area (Å²) in [5, 5.41) is 3.15. The van der Waals surface area contributed by atoms with Crippen LogP contribution in [0.5, 0.6) is 5.75 Å². The molecule has 0 saturated carbocycles. The molecule has 0 unspecified atom stereocenters. The molecule has 2 rings (SSSR count). The summed E-state index contributed by atoms with van der Waals surface area (Å²) in [6.45, 7) is -1.19. The average Bonchev–Trinajstić information content (AvgIpc) is 2.53. The van der Waals surface area contributed by atoms with Crippen molar-refractivity contribution in [3.05, 3.63) is 65.7 Å². The van der Waals surface area contributed by atoms with Crippen molar-refractivity contribution in [3.8, 4) is 5.75 Å². The van der Waals surface area contributed by atoms with Crippen LogP contribution in [0.3, 0.4) is 0 Å². The molecule has 0 spiro atoms. The number of hydrogen-bond acceptors (Lipinski definition) is 3. The number of rotatable bonds is 7. The van der Waals surface area contributed by atoms with Gasteiger partial charge in [-0.1, -0.05) is 42.5 Å². The molecule has 6 heteroatoms. The Labute approximate surface area is 133 Å². The molecule has 0 saturated heterocycles. The van der Waals surface area contributed by atoms with Crippen LogP contribution >= 0.6 is 0 Å². The number of carbonyl (C=O) groups excluding carboxylic acids is 1. The number of primary amides is 1. The van der Waals surface area contributed by atoms with Gasteiger partial charge in [-0.15, -0.1) is 0 Å².